The molecule has 3 rings (SSSR count). The van der Waals surface area contributed by atoms with Crippen LogP contribution in [0.15, 0.2) is 30.3 Å². The number of fused-ring (bicyclic) bond motifs is 1. The van der Waals surface area contributed by atoms with E-state index in [2.05, 4.69) is 36.1 Å². The summed E-state index contributed by atoms with van der Waals surface area (Å²) in [5, 5.41) is 11.2. The third-order valence-corrected chi connectivity index (χ3v) is 4.85. The molecule has 0 aliphatic rings. The van der Waals surface area contributed by atoms with E-state index in [0.717, 1.165) is 12.0 Å². The van der Waals surface area contributed by atoms with Gasteiger partial charge in [-0.15, -0.1) is 10.2 Å². The van der Waals surface area contributed by atoms with E-state index in [1.54, 1.807) is 12.1 Å². The normalized spacial score (nSPS) is 13.5. The number of hydrogen-bond donors (Lipinski definition) is 0. The zero-order chi connectivity index (χ0) is 19.1. The van der Waals surface area contributed by atoms with Gasteiger partial charge in [0.2, 0.25) is 0 Å². The monoisotopic (exact) mass is 382 g/mol. The fourth-order valence-electron chi connectivity index (χ4n) is 2.61. The number of halogens is 4. The maximum atomic E-state index is 13.1. The average Bonchev–Trinajstić information content (AvgIpc) is 2.99. The third-order valence-electron chi connectivity index (χ3n) is 4.52. The molecule has 0 fully saturated rings. The molecule has 8 heteroatoms. The van der Waals surface area contributed by atoms with Crippen molar-refractivity contribution in [1.29, 1.82) is 0 Å². The number of benzene rings is 1. The minimum Gasteiger partial charge on any atom is -0.188 e. The van der Waals surface area contributed by atoms with E-state index >= 15 is 0 Å². The van der Waals surface area contributed by atoms with Gasteiger partial charge in [-0.3, -0.25) is 0 Å². The molecule has 138 valence electrons. The van der Waals surface area contributed by atoms with Crippen LogP contribution in [0, 0.1) is 11.8 Å². The number of rotatable bonds is 4. The first kappa shape index (κ1) is 18.6. The molecule has 0 saturated heterocycles. The van der Waals surface area contributed by atoms with Crippen LogP contribution in [-0.4, -0.2) is 19.8 Å². The second-order valence-corrected chi connectivity index (χ2v) is 7.16. The first-order valence-electron chi connectivity index (χ1n) is 8.25. The SMILES string of the molecule is CC(C)C(C)Cc1ccc(Cl)c(-c2ccc3nnc(C(F)(F)F)n3n2)c1. The van der Waals surface area contributed by atoms with E-state index in [0.29, 0.717) is 32.6 Å². The van der Waals surface area contributed by atoms with Gasteiger partial charge in [0.25, 0.3) is 5.82 Å². The summed E-state index contributed by atoms with van der Waals surface area (Å²) < 4.78 is 39.9. The zero-order valence-electron chi connectivity index (χ0n) is 14.5. The van der Waals surface area contributed by atoms with Crippen molar-refractivity contribution in [2.75, 3.05) is 0 Å². The third kappa shape index (κ3) is 3.67. The number of alkyl halides is 3. The molecular weight excluding hydrogens is 365 g/mol. The Hall–Kier alpha value is -2.15. The lowest BCUT2D eigenvalue weighted by molar-refractivity contribution is -0.146. The Balaban J connectivity index is 2.05. The van der Waals surface area contributed by atoms with Crippen molar-refractivity contribution in [2.45, 2.75) is 33.4 Å². The first-order chi connectivity index (χ1) is 12.2. The van der Waals surface area contributed by atoms with Crippen LogP contribution >= 0.6 is 11.6 Å². The number of hydrogen-bond acceptors (Lipinski definition) is 3. The molecule has 1 aromatic carbocycles. The Kier molecular flexibility index (Phi) is 4.92. The van der Waals surface area contributed by atoms with Crippen LogP contribution in [0.3, 0.4) is 0 Å². The molecule has 0 aliphatic carbocycles. The molecular formula is C18H18ClF3N4. The van der Waals surface area contributed by atoms with Gasteiger partial charge >= 0.3 is 6.18 Å². The van der Waals surface area contributed by atoms with Crippen LogP contribution in [-0.2, 0) is 12.6 Å². The van der Waals surface area contributed by atoms with Gasteiger partial charge in [-0.05, 0) is 48.1 Å². The van der Waals surface area contributed by atoms with Crippen molar-refractivity contribution < 1.29 is 13.2 Å². The highest BCUT2D eigenvalue weighted by Gasteiger charge is 2.37. The molecule has 2 heterocycles. The molecule has 1 atom stereocenters. The molecule has 0 aliphatic heterocycles. The molecule has 0 radical (unpaired) electrons. The fraction of sp³-hybridized carbons (Fsp3) is 0.389. The largest absolute Gasteiger partial charge is 0.453 e. The number of nitrogens with zero attached hydrogens (tertiary/aromatic N) is 4. The van der Waals surface area contributed by atoms with Gasteiger partial charge in [0.05, 0.1) is 10.7 Å². The van der Waals surface area contributed by atoms with E-state index in [4.69, 9.17) is 11.6 Å². The summed E-state index contributed by atoms with van der Waals surface area (Å²) in [5.41, 5.74) is 2.02. The predicted octanol–water partition coefficient (Wildman–Crippen LogP) is 5.30. The van der Waals surface area contributed by atoms with Crippen LogP contribution in [0.2, 0.25) is 5.02 Å². The van der Waals surface area contributed by atoms with Crippen LogP contribution in [0.25, 0.3) is 16.9 Å². The second-order valence-electron chi connectivity index (χ2n) is 6.75. The molecule has 3 aromatic rings. The van der Waals surface area contributed by atoms with Crippen molar-refractivity contribution in [3.8, 4) is 11.3 Å². The Morgan fingerprint density at radius 2 is 1.81 bits per heavy atom. The van der Waals surface area contributed by atoms with Crippen LogP contribution < -0.4 is 0 Å². The lowest BCUT2D eigenvalue weighted by Gasteiger charge is -2.16. The van der Waals surface area contributed by atoms with Crippen molar-refractivity contribution in [3.05, 3.63) is 46.7 Å². The van der Waals surface area contributed by atoms with Crippen molar-refractivity contribution >= 4 is 17.2 Å². The highest BCUT2D eigenvalue weighted by atomic mass is 35.5. The molecule has 0 bridgehead atoms. The summed E-state index contributed by atoms with van der Waals surface area (Å²) in [6.45, 7) is 6.47. The van der Waals surface area contributed by atoms with E-state index in [9.17, 15) is 13.2 Å². The molecule has 26 heavy (non-hydrogen) atoms. The highest BCUT2D eigenvalue weighted by Crippen LogP contribution is 2.31. The minimum atomic E-state index is -4.64. The maximum Gasteiger partial charge on any atom is 0.453 e. The lowest BCUT2D eigenvalue weighted by atomic mass is 9.90. The fourth-order valence-corrected chi connectivity index (χ4v) is 2.83. The quantitative estimate of drug-likeness (QED) is 0.615. The zero-order valence-corrected chi connectivity index (χ0v) is 15.3. The minimum absolute atomic E-state index is 0.0294. The Bertz CT molecular complexity index is 934. The van der Waals surface area contributed by atoms with E-state index < -0.39 is 12.0 Å². The number of aromatic nitrogens is 4. The topological polar surface area (TPSA) is 43.1 Å². The van der Waals surface area contributed by atoms with Crippen molar-refractivity contribution in [3.63, 3.8) is 0 Å². The summed E-state index contributed by atoms with van der Waals surface area (Å²) in [6, 6.07) is 8.61. The summed E-state index contributed by atoms with van der Waals surface area (Å²) in [6.07, 6.45) is -3.78. The van der Waals surface area contributed by atoms with Gasteiger partial charge in [-0.1, -0.05) is 38.4 Å². The predicted molar refractivity (Wildman–Crippen MR) is 93.9 cm³/mol. The molecule has 2 aromatic heterocycles. The van der Waals surface area contributed by atoms with E-state index in [-0.39, 0.29) is 5.65 Å². The lowest BCUT2D eigenvalue weighted by Crippen LogP contribution is -2.12. The van der Waals surface area contributed by atoms with Crippen molar-refractivity contribution in [2.24, 2.45) is 11.8 Å². The molecule has 4 nitrogen and oxygen atoms in total. The van der Waals surface area contributed by atoms with E-state index in [1.165, 1.54) is 6.07 Å². The summed E-state index contributed by atoms with van der Waals surface area (Å²) in [7, 11) is 0. The van der Waals surface area contributed by atoms with Crippen LogP contribution in [0.1, 0.15) is 32.2 Å². The van der Waals surface area contributed by atoms with Crippen LogP contribution in [0.4, 0.5) is 13.2 Å². The van der Waals surface area contributed by atoms with Gasteiger partial charge in [0.15, 0.2) is 5.65 Å². The van der Waals surface area contributed by atoms with Gasteiger partial charge in [-0.2, -0.15) is 22.8 Å². The first-order valence-corrected chi connectivity index (χ1v) is 8.63. The summed E-state index contributed by atoms with van der Waals surface area (Å²) >= 11 is 6.28. The Labute approximate surface area is 154 Å². The smallest absolute Gasteiger partial charge is 0.188 e. The van der Waals surface area contributed by atoms with Gasteiger partial charge in [0, 0.05) is 5.56 Å². The Morgan fingerprint density at radius 3 is 2.46 bits per heavy atom. The maximum absolute atomic E-state index is 13.1. The van der Waals surface area contributed by atoms with Gasteiger partial charge < -0.3 is 0 Å². The molecule has 0 amide bonds. The van der Waals surface area contributed by atoms with Gasteiger partial charge in [0.1, 0.15) is 0 Å². The highest BCUT2D eigenvalue weighted by molar-refractivity contribution is 6.33. The second kappa shape index (κ2) is 6.87. The molecule has 0 saturated carbocycles. The summed E-state index contributed by atoms with van der Waals surface area (Å²) in [5.74, 6) is -0.167. The molecule has 0 N–H and O–H groups in total. The van der Waals surface area contributed by atoms with Gasteiger partial charge in [-0.25, -0.2) is 0 Å². The summed E-state index contributed by atoms with van der Waals surface area (Å²) in [4.78, 5) is 0. The Morgan fingerprint density at radius 1 is 1.08 bits per heavy atom. The van der Waals surface area contributed by atoms with E-state index in [1.807, 2.05) is 12.1 Å². The van der Waals surface area contributed by atoms with Crippen molar-refractivity contribution in [1.82, 2.24) is 19.8 Å². The van der Waals surface area contributed by atoms with Crippen LogP contribution in [0.5, 0.6) is 0 Å². The molecule has 1 unspecified atom stereocenters. The standard InChI is InChI=1S/C18H18ClF3N4/c1-10(2)11(3)8-12-4-5-14(19)13(9-12)15-6-7-16-23-24-17(18(20,21)22)26(16)25-15/h4-7,9-11H,8H2,1-3H3. The average molecular weight is 383 g/mol. The molecule has 0 spiro atoms.